The van der Waals surface area contributed by atoms with Crippen molar-refractivity contribution >= 4 is 16.9 Å². The second-order valence-electron chi connectivity index (χ2n) is 3.54. The summed E-state index contributed by atoms with van der Waals surface area (Å²) in [6.07, 6.45) is 5.34. The molecule has 0 bridgehead atoms. The number of hydrogen-bond acceptors (Lipinski definition) is 3. The smallest absolute Gasteiger partial charge is 0.339 e. The van der Waals surface area contributed by atoms with E-state index < -0.39 is 0 Å². The van der Waals surface area contributed by atoms with Gasteiger partial charge in [-0.05, 0) is 25.1 Å². The van der Waals surface area contributed by atoms with Crippen molar-refractivity contribution in [2.45, 2.75) is 6.92 Å². The number of esters is 1. The molecular weight excluding hydrogens is 214 g/mol. The van der Waals surface area contributed by atoms with Crippen molar-refractivity contribution in [3.8, 4) is 0 Å². The maximum Gasteiger partial charge on any atom is 0.339 e. The van der Waals surface area contributed by atoms with Crippen molar-refractivity contribution in [2.75, 3.05) is 6.61 Å². The van der Waals surface area contributed by atoms with E-state index in [-0.39, 0.29) is 5.97 Å². The Hall–Kier alpha value is -2.16. The molecule has 17 heavy (non-hydrogen) atoms. The number of rotatable bonds is 3. The number of aromatic nitrogens is 1. The number of nitrogens with zero attached hydrogens (tertiary/aromatic N) is 1. The third kappa shape index (κ3) is 2.50. The lowest BCUT2D eigenvalue weighted by Crippen LogP contribution is -2.05. The van der Waals surface area contributed by atoms with Crippen molar-refractivity contribution in [3.05, 3.63) is 54.2 Å². The van der Waals surface area contributed by atoms with Crippen LogP contribution in [0.1, 0.15) is 17.3 Å². The van der Waals surface area contributed by atoms with Gasteiger partial charge in [-0.3, -0.25) is 4.98 Å². The van der Waals surface area contributed by atoms with Gasteiger partial charge >= 0.3 is 5.97 Å². The average molecular weight is 227 g/mol. The molecule has 3 heteroatoms. The highest BCUT2D eigenvalue weighted by molar-refractivity contribution is 6.03. The van der Waals surface area contributed by atoms with E-state index in [1.54, 1.807) is 18.3 Å². The summed E-state index contributed by atoms with van der Waals surface area (Å²) in [5.74, 6) is -0.318. The predicted octanol–water partition coefficient (Wildman–Crippen LogP) is 2.97. The standard InChI is InChI=1S/C14H13NO2/c1-2-3-10-17-14(16)12-6-4-8-13-11(12)7-5-9-15-13/h2-9H,10H2,1H3/b3-2+. The first kappa shape index (κ1) is 11.3. The molecule has 3 nitrogen and oxygen atoms in total. The van der Waals surface area contributed by atoms with Crippen LogP contribution in [-0.4, -0.2) is 17.6 Å². The summed E-state index contributed by atoms with van der Waals surface area (Å²) in [7, 11) is 0. The number of pyridine rings is 1. The van der Waals surface area contributed by atoms with E-state index in [1.165, 1.54) is 0 Å². The second kappa shape index (κ2) is 5.25. The Kier molecular flexibility index (Phi) is 3.50. The normalized spacial score (nSPS) is 10.9. The van der Waals surface area contributed by atoms with Crippen LogP contribution in [0.5, 0.6) is 0 Å². The number of carbonyl (C=O) groups is 1. The van der Waals surface area contributed by atoms with Gasteiger partial charge in [-0.2, -0.15) is 0 Å². The summed E-state index contributed by atoms with van der Waals surface area (Å²) in [6.45, 7) is 2.18. The molecule has 0 radical (unpaired) electrons. The zero-order chi connectivity index (χ0) is 12.1. The molecule has 0 amide bonds. The molecule has 0 saturated carbocycles. The van der Waals surface area contributed by atoms with E-state index in [9.17, 15) is 4.79 Å². The van der Waals surface area contributed by atoms with Gasteiger partial charge in [0.05, 0.1) is 11.1 Å². The van der Waals surface area contributed by atoms with Crippen LogP contribution in [0, 0.1) is 0 Å². The Bertz CT molecular complexity index is 556. The number of fused-ring (bicyclic) bond motifs is 1. The first-order valence-corrected chi connectivity index (χ1v) is 5.45. The van der Waals surface area contributed by atoms with E-state index in [0.717, 1.165) is 10.9 Å². The molecule has 0 fully saturated rings. The summed E-state index contributed by atoms with van der Waals surface area (Å²) in [6, 6.07) is 9.11. The fraction of sp³-hybridized carbons (Fsp3) is 0.143. The second-order valence-corrected chi connectivity index (χ2v) is 3.54. The lowest BCUT2D eigenvalue weighted by atomic mass is 10.1. The number of hydrogen-bond donors (Lipinski definition) is 0. The van der Waals surface area contributed by atoms with Crippen molar-refractivity contribution in [1.29, 1.82) is 0 Å². The Labute approximate surface area is 99.7 Å². The first-order valence-electron chi connectivity index (χ1n) is 5.45. The van der Waals surface area contributed by atoms with Crippen LogP contribution in [-0.2, 0) is 4.74 Å². The van der Waals surface area contributed by atoms with Crippen molar-refractivity contribution in [1.82, 2.24) is 4.98 Å². The number of ether oxygens (including phenoxy) is 1. The Balaban J connectivity index is 2.31. The van der Waals surface area contributed by atoms with E-state index in [1.807, 2.05) is 37.3 Å². The maximum atomic E-state index is 11.8. The first-order chi connectivity index (χ1) is 8.33. The molecule has 0 spiro atoms. The van der Waals surface area contributed by atoms with E-state index in [0.29, 0.717) is 12.2 Å². The van der Waals surface area contributed by atoms with Gasteiger partial charge in [-0.25, -0.2) is 4.79 Å². The van der Waals surface area contributed by atoms with Crippen molar-refractivity contribution in [2.24, 2.45) is 0 Å². The van der Waals surface area contributed by atoms with E-state index in [4.69, 9.17) is 4.74 Å². The fourth-order valence-corrected chi connectivity index (χ4v) is 1.58. The van der Waals surface area contributed by atoms with E-state index in [2.05, 4.69) is 4.98 Å². The maximum absolute atomic E-state index is 11.8. The number of benzene rings is 1. The SMILES string of the molecule is C/C=C/COC(=O)c1cccc2ncccc12. The van der Waals surface area contributed by atoms with Gasteiger partial charge in [0.15, 0.2) is 0 Å². The molecule has 2 aromatic rings. The van der Waals surface area contributed by atoms with Crippen LogP contribution >= 0.6 is 0 Å². The summed E-state index contributed by atoms with van der Waals surface area (Å²) in [5, 5.41) is 0.820. The van der Waals surface area contributed by atoms with Crippen LogP contribution in [0.2, 0.25) is 0 Å². The molecule has 0 unspecified atom stereocenters. The van der Waals surface area contributed by atoms with Gasteiger partial charge in [0, 0.05) is 11.6 Å². The highest BCUT2D eigenvalue weighted by Crippen LogP contribution is 2.17. The average Bonchev–Trinajstić information content (AvgIpc) is 2.38. The van der Waals surface area contributed by atoms with Gasteiger partial charge in [0.2, 0.25) is 0 Å². The van der Waals surface area contributed by atoms with Gasteiger partial charge in [-0.15, -0.1) is 0 Å². The number of carbonyl (C=O) groups excluding carboxylic acids is 1. The fourth-order valence-electron chi connectivity index (χ4n) is 1.58. The zero-order valence-electron chi connectivity index (χ0n) is 9.59. The van der Waals surface area contributed by atoms with Crippen LogP contribution in [0.25, 0.3) is 10.9 Å². The minimum absolute atomic E-state index is 0.298. The molecule has 1 aromatic carbocycles. The van der Waals surface area contributed by atoms with Crippen LogP contribution in [0.4, 0.5) is 0 Å². The number of allylic oxidation sites excluding steroid dienone is 1. The van der Waals surface area contributed by atoms with Crippen LogP contribution < -0.4 is 0 Å². The lowest BCUT2D eigenvalue weighted by Gasteiger charge is -2.05. The van der Waals surface area contributed by atoms with Crippen LogP contribution in [0.3, 0.4) is 0 Å². The molecule has 86 valence electrons. The monoisotopic (exact) mass is 227 g/mol. The molecular formula is C14H13NO2. The highest BCUT2D eigenvalue weighted by Gasteiger charge is 2.10. The molecule has 0 aliphatic heterocycles. The predicted molar refractivity (Wildman–Crippen MR) is 66.8 cm³/mol. The molecule has 1 aromatic heterocycles. The van der Waals surface area contributed by atoms with Gasteiger partial charge in [-0.1, -0.05) is 24.3 Å². The summed E-state index contributed by atoms with van der Waals surface area (Å²) in [4.78, 5) is 16.0. The lowest BCUT2D eigenvalue weighted by molar-refractivity contribution is 0.0552. The third-order valence-corrected chi connectivity index (χ3v) is 2.41. The third-order valence-electron chi connectivity index (χ3n) is 2.41. The minimum atomic E-state index is -0.318. The molecule has 2 rings (SSSR count). The van der Waals surface area contributed by atoms with Gasteiger partial charge in [0.25, 0.3) is 0 Å². The minimum Gasteiger partial charge on any atom is -0.458 e. The summed E-state index contributed by atoms with van der Waals surface area (Å²) >= 11 is 0. The topological polar surface area (TPSA) is 39.2 Å². The zero-order valence-corrected chi connectivity index (χ0v) is 9.59. The molecule has 0 aliphatic carbocycles. The van der Waals surface area contributed by atoms with E-state index >= 15 is 0 Å². The molecule has 0 N–H and O–H groups in total. The molecule has 1 heterocycles. The van der Waals surface area contributed by atoms with Crippen LogP contribution in [0.15, 0.2) is 48.7 Å². The molecule has 0 atom stereocenters. The Morgan fingerprint density at radius 3 is 3.06 bits per heavy atom. The largest absolute Gasteiger partial charge is 0.458 e. The van der Waals surface area contributed by atoms with Gasteiger partial charge < -0.3 is 4.74 Å². The van der Waals surface area contributed by atoms with Gasteiger partial charge in [0.1, 0.15) is 6.61 Å². The summed E-state index contributed by atoms with van der Waals surface area (Å²) in [5.41, 5.74) is 1.35. The highest BCUT2D eigenvalue weighted by atomic mass is 16.5. The van der Waals surface area contributed by atoms with Crippen molar-refractivity contribution < 1.29 is 9.53 Å². The Morgan fingerprint density at radius 2 is 2.24 bits per heavy atom. The quantitative estimate of drug-likeness (QED) is 0.597. The molecule has 0 aliphatic rings. The van der Waals surface area contributed by atoms with Crippen molar-refractivity contribution in [3.63, 3.8) is 0 Å². The molecule has 0 saturated heterocycles. The summed E-state index contributed by atoms with van der Waals surface area (Å²) < 4.78 is 5.12. The Morgan fingerprint density at radius 1 is 1.35 bits per heavy atom.